The van der Waals surface area contributed by atoms with Crippen LogP contribution in [-0.2, 0) is 6.18 Å². The van der Waals surface area contributed by atoms with Gasteiger partial charge < -0.3 is 14.2 Å². The van der Waals surface area contributed by atoms with Crippen LogP contribution in [0, 0.1) is 0 Å². The molecule has 0 bridgehead atoms. The SMILES string of the molecule is COc1cccc(OC)c1C(=O)Oc1cc(C(F)(F)F)nn1-c1ccccc1. The van der Waals surface area contributed by atoms with E-state index >= 15 is 0 Å². The van der Waals surface area contributed by atoms with Crippen LogP contribution in [0.2, 0.25) is 0 Å². The molecule has 3 rings (SSSR count). The Bertz CT molecular complexity index is 962. The van der Waals surface area contributed by atoms with Crippen molar-refractivity contribution in [2.24, 2.45) is 0 Å². The van der Waals surface area contributed by atoms with Crippen LogP contribution in [0.3, 0.4) is 0 Å². The Morgan fingerprint density at radius 1 is 0.964 bits per heavy atom. The fourth-order valence-corrected chi connectivity index (χ4v) is 2.53. The smallest absolute Gasteiger partial charge is 0.435 e. The first-order valence-corrected chi connectivity index (χ1v) is 8.01. The van der Waals surface area contributed by atoms with Crippen molar-refractivity contribution in [2.45, 2.75) is 6.18 Å². The number of benzene rings is 2. The van der Waals surface area contributed by atoms with Crippen LogP contribution in [0.25, 0.3) is 5.69 Å². The van der Waals surface area contributed by atoms with Crippen LogP contribution in [0.4, 0.5) is 13.2 Å². The normalized spacial score (nSPS) is 11.2. The molecule has 3 aromatic rings. The van der Waals surface area contributed by atoms with Gasteiger partial charge in [0.25, 0.3) is 0 Å². The summed E-state index contributed by atoms with van der Waals surface area (Å²) in [5.41, 5.74) is -0.944. The van der Waals surface area contributed by atoms with Crippen LogP contribution >= 0.6 is 0 Å². The largest absolute Gasteiger partial charge is 0.496 e. The van der Waals surface area contributed by atoms with Gasteiger partial charge in [-0.15, -0.1) is 0 Å². The zero-order valence-electron chi connectivity index (χ0n) is 14.9. The summed E-state index contributed by atoms with van der Waals surface area (Å²) in [5.74, 6) is -1.02. The van der Waals surface area contributed by atoms with E-state index in [1.165, 1.54) is 38.5 Å². The lowest BCUT2D eigenvalue weighted by molar-refractivity contribution is -0.141. The topological polar surface area (TPSA) is 62.6 Å². The minimum absolute atomic E-state index is 0.0538. The summed E-state index contributed by atoms with van der Waals surface area (Å²) in [5, 5.41) is 3.54. The number of nitrogens with zero attached hydrogens (tertiary/aromatic N) is 2. The van der Waals surface area contributed by atoms with Crippen molar-refractivity contribution in [3.05, 3.63) is 65.9 Å². The van der Waals surface area contributed by atoms with E-state index < -0.39 is 23.7 Å². The number of hydrogen-bond donors (Lipinski definition) is 0. The molecular weight excluding hydrogens is 377 g/mol. The van der Waals surface area contributed by atoms with E-state index in [4.69, 9.17) is 14.2 Å². The highest BCUT2D eigenvalue weighted by Gasteiger charge is 2.36. The molecular formula is C19H15F3N2O4. The molecule has 0 spiro atoms. The van der Waals surface area contributed by atoms with E-state index in [9.17, 15) is 18.0 Å². The molecule has 0 aliphatic heterocycles. The molecule has 0 atom stereocenters. The third-order valence-electron chi connectivity index (χ3n) is 3.80. The van der Waals surface area contributed by atoms with Gasteiger partial charge in [0, 0.05) is 6.07 Å². The Labute approximate surface area is 158 Å². The first kappa shape index (κ1) is 19.3. The van der Waals surface area contributed by atoms with Gasteiger partial charge in [-0.3, -0.25) is 0 Å². The molecule has 0 unspecified atom stereocenters. The summed E-state index contributed by atoms with van der Waals surface area (Å²) in [6.07, 6.45) is -4.71. The highest BCUT2D eigenvalue weighted by molar-refractivity contribution is 5.97. The Balaban J connectivity index is 2.05. The summed E-state index contributed by atoms with van der Waals surface area (Å²) < 4.78 is 55.8. The minimum Gasteiger partial charge on any atom is -0.496 e. The van der Waals surface area contributed by atoms with E-state index in [1.807, 2.05) is 0 Å². The number of para-hydroxylation sites is 1. The Morgan fingerprint density at radius 3 is 2.11 bits per heavy atom. The van der Waals surface area contributed by atoms with Gasteiger partial charge in [0.2, 0.25) is 5.88 Å². The summed E-state index contributed by atoms with van der Waals surface area (Å²) in [4.78, 5) is 12.7. The highest BCUT2D eigenvalue weighted by atomic mass is 19.4. The monoisotopic (exact) mass is 392 g/mol. The van der Waals surface area contributed by atoms with E-state index in [-0.39, 0.29) is 17.1 Å². The number of aromatic nitrogens is 2. The number of esters is 1. The van der Waals surface area contributed by atoms with Crippen LogP contribution in [0.15, 0.2) is 54.6 Å². The number of carbonyl (C=O) groups is 1. The second-order valence-electron chi connectivity index (χ2n) is 5.54. The standard InChI is InChI=1S/C19H15F3N2O4/c1-26-13-9-6-10-14(27-2)17(13)18(25)28-16-11-15(19(20,21)22)23-24(16)12-7-4-3-5-8-12/h3-11H,1-2H3. The molecule has 28 heavy (non-hydrogen) atoms. The van der Waals surface area contributed by atoms with Crippen molar-refractivity contribution in [3.63, 3.8) is 0 Å². The molecule has 0 aliphatic rings. The summed E-state index contributed by atoms with van der Waals surface area (Å²) in [6, 6.07) is 13.3. The van der Waals surface area contributed by atoms with Gasteiger partial charge in [-0.1, -0.05) is 24.3 Å². The molecule has 0 saturated carbocycles. The maximum atomic E-state index is 13.1. The van der Waals surface area contributed by atoms with Gasteiger partial charge >= 0.3 is 12.1 Å². The quantitative estimate of drug-likeness (QED) is 0.611. The van der Waals surface area contributed by atoms with Crippen molar-refractivity contribution < 1.29 is 32.2 Å². The van der Waals surface area contributed by atoms with Crippen LogP contribution < -0.4 is 14.2 Å². The number of halogens is 3. The predicted molar refractivity (Wildman–Crippen MR) is 93.1 cm³/mol. The second-order valence-corrected chi connectivity index (χ2v) is 5.54. The first-order valence-electron chi connectivity index (χ1n) is 8.01. The lowest BCUT2D eigenvalue weighted by Gasteiger charge is -2.12. The molecule has 6 nitrogen and oxygen atoms in total. The number of methoxy groups -OCH3 is 2. The fourth-order valence-electron chi connectivity index (χ4n) is 2.53. The second kappa shape index (κ2) is 7.63. The Kier molecular flexibility index (Phi) is 5.25. The molecule has 0 amide bonds. The van der Waals surface area contributed by atoms with Gasteiger partial charge in [0.15, 0.2) is 5.69 Å². The molecule has 0 fully saturated rings. The van der Waals surface area contributed by atoms with Crippen molar-refractivity contribution in [3.8, 4) is 23.1 Å². The zero-order chi connectivity index (χ0) is 20.3. The average Bonchev–Trinajstić information content (AvgIpc) is 3.12. The lowest BCUT2D eigenvalue weighted by Crippen LogP contribution is -2.14. The molecule has 0 N–H and O–H groups in total. The minimum atomic E-state index is -4.71. The summed E-state index contributed by atoms with van der Waals surface area (Å²) in [6.45, 7) is 0. The van der Waals surface area contributed by atoms with E-state index in [0.717, 1.165) is 4.68 Å². The molecule has 0 saturated heterocycles. The van der Waals surface area contributed by atoms with Gasteiger partial charge in [-0.05, 0) is 24.3 Å². The Hall–Kier alpha value is -3.49. The van der Waals surface area contributed by atoms with E-state index in [2.05, 4.69) is 5.10 Å². The molecule has 1 heterocycles. The van der Waals surface area contributed by atoms with Gasteiger partial charge in [-0.25, -0.2) is 9.48 Å². The van der Waals surface area contributed by atoms with Crippen molar-refractivity contribution in [1.29, 1.82) is 0 Å². The fraction of sp³-hybridized carbons (Fsp3) is 0.158. The van der Waals surface area contributed by atoms with Crippen molar-refractivity contribution in [2.75, 3.05) is 14.2 Å². The molecule has 146 valence electrons. The zero-order valence-corrected chi connectivity index (χ0v) is 14.9. The van der Waals surface area contributed by atoms with E-state index in [0.29, 0.717) is 11.8 Å². The molecule has 1 aromatic heterocycles. The third kappa shape index (κ3) is 3.78. The molecule has 0 aliphatic carbocycles. The van der Waals surface area contributed by atoms with Crippen molar-refractivity contribution >= 4 is 5.97 Å². The average molecular weight is 392 g/mol. The number of rotatable bonds is 5. The lowest BCUT2D eigenvalue weighted by atomic mass is 10.2. The number of alkyl halides is 3. The number of carbonyl (C=O) groups excluding carboxylic acids is 1. The summed E-state index contributed by atoms with van der Waals surface area (Å²) in [7, 11) is 2.70. The van der Waals surface area contributed by atoms with Gasteiger partial charge in [0.1, 0.15) is 17.1 Å². The highest BCUT2D eigenvalue weighted by Crippen LogP contribution is 2.34. The number of ether oxygens (including phenoxy) is 3. The maximum absolute atomic E-state index is 13.1. The molecule has 2 aromatic carbocycles. The predicted octanol–water partition coefficient (Wildman–Crippen LogP) is 4.13. The van der Waals surface area contributed by atoms with Crippen LogP contribution in [-0.4, -0.2) is 30.0 Å². The molecule has 0 radical (unpaired) electrons. The van der Waals surface area contributed by atoms with Crippen LogP contribution in [0.5, 0.6) is 17.4 Å². The number of hydrogen-bond acceptors (Lipinski definition) is 5. The summed E-state index contributed by atoms with van der Waals surface area (Å²) >= 11 is 0. The van der Waals surface area contributed by atoms with Gasteiger partial charge in [-0.2, -0.15) is 18.3 Å². The first-order chi connectivity index (χ1) is 13.3. The van der Waals surface area contributed by atoms with Crippen LogP contribution in [0.1, 0.15) is 16.1 Å². The molecule has 9 heteroatoms. The third-order valence-corrected chi connectivity index (χ3v) is 3.80. The maximum Gasteiger partial charge on any atom is 0.435 e. The van der Waals surface area contributed by atoms with Crippen molar-refractivity contribution in [1.82, 2.24) is 9.78 Å². The van der Waals surface area contributed by atoms with E-state index in [1.54, 1.807) is 24.3 Å². The Morgan fingerprint density at radius 2 is 1.57 bits per heavy atom. The van der Waals surface area contributed by atoms with Gasteiger partial charge in [0.05, 0.1) is 19.9 Å².